The SMILES string of the molecule is Cc1nc2cccc(CCCCCC(=O)NO)c2c(=O)n1-c1ccccc1.Cc1nc2cccc(NCc3ccc(C(=O)NO)cc3)c2c(=O)n1-c1ccccc1.O=C(CC#Cc1cccc2nc(C3CC3)n(-c3ccccc3)c(=O)c12)NO.O=C(NO)c1ccc(CNc2cccc3nc(C4CC4)n(-c4ccccc4)c(=O)c23)cc1. The quantitative estimate of drug-likeness (QED) is 0.0138. The van der Waals surface area contributed by atoms with Crippen molar-refractivity contribution in [2.45, 2.75) is 103 Å². The van der Waals surface area contributed by atoms with E-state index in [4.69, 9.17) is 30.8 Å². The molecule has 0 radical (unpaired) electrons. The van der Waals surface area contributed by atoms with E-state index in [-0.39, 0.29) is 34.6 Å². The van der Waals surface area contributed by atoms with Gasteiger partial charge < -0.3 is 10.6 Å². The normalized spacial score (nSPS) is 12.0. The van der Waals surface area contributed by atoms with Crippen molar-refractivity contribution in [3.05, 3.63) is 341 Å². The number of carbonyl (C=O) groups is 4. The molecule has 26 heteroatoms. The Kier molecular flexibility index (Phi) is 25.6. The van der Waals surface area contributed by atoms with Crippen LogP contribution < -0.4 is 54.8 Å². The van der Waals surface area contributed by atoms with Gasteiger partial charge in [0.05, 0.1) is 72.8 Å². The zero-order valence-electron chi connectivity index (χ0n) is 63.4. The largest absolute Gasteiger partial charge is 0.380 e. The topological polar surface area (TPSA) is 361 Å². The Hall–Kier alpha value is -14.4. The van der Waals surface area contributed by atoms with Crippen LogP contribution >= 0.6 is 0 Å². The van der Waals surface area contributed by atoms with Crippen LogP contribution in [0.3, 0.4) is 0 Å². The van der Waals surface area contributed by atoms with E-state index in [1.165, 1.54) is 5.48 Å². The molecule has 0 saturated heterocycles. The Morgan fingerprint density at radius 2 is 0.767 bits per heavy atom. The number of rotatable bonds is 21. The molecule has 2 aliphatic carbocycles. The summed E-state index contributed by atoms with van der Waals surface area (Å²) >= 11 is 0. The molecule has 26 nitrogen and oxygen atoms in total. The number of amides is 4. The van der Waals surface area contributed by atoms with Gasteiger partial charge in [0.25, 0.3) is 40.0 Å². The maximum absolute atomic E-state index is 13.7. The molecule has 10 aromatic carbocycles. The van der Waals surface area contributed by atoms with Gasteiger partial charge >= 0.3 is 0 Å². The summed E-state index contributed by atoms with van der Waals surface area (Å²) in [5.74, 6) is 6.95. The van der Waals surface area contributed by atoms with Crippen molar-refractivity contribution >= 4 is 78.6 Å². The molecule has 0 unspecified atom stereocenters. The van der Waals surface area contributed by atoms with E-state index in [0.29, 0.717) is 121 Å². The molecule has 0 spiro atoms. The first-order valence-corrected chi connectivity index (χ1v) is 37.8. The minimum atomic E-state index is -0.599. The monoisotopic (exact) mass is 1550 g/mol. The number of hydroxylamine groups is 4. The van der Waals surface area contributed by atoms with Crippen LogP contribution in [0.2, 0.25) is 0 Å². The highest BCUT2D eigenvalue weighted by atomic mass is 16.5. The number of hydrogen-bond acceptors (Lipinski definition) is 18. The molecule has 116 heavy (non-hydrogen) atoms. The number of anilines is 2. The minimum absolute atomic E-state index is 0.0565. The van der Waals surface area contributed by atoms with E-state index >= 15 is 0 Å². The van der Waals surface area contributed by atoms with Gasteiger partial charge in [0, 0.05) is 59.4 Å². The lowest BCUT2D eigenvalue weighted by Gasteiger charge is -2.15. The van der Waals surface area contributed by atoms with Gasteiger partial charge in [0.15, 0.2) is 0 Å². The predicted octanol–water partition coefficient (Wildman–Crippen LogP) is 13.2. The number of nitrogens with zero attached hydrogens (tertiary/aromatic N) is 8. The van der Waals surface area contributed by atoms with Crippen LogP contribution in [0.1, 0.15) is 136 Å². The number of aryl methyl sites for hydroxylation is 3. The van der Waals surface area contributed by atoms with Crippen molar-refractivity contribution in [3.8, 4) is 34.6 Å². The highest BCUT2D eigenvalue weighted by molar-refractivity contribution is 5.95. The summed E-state index contributed by atoms with van der Waals surface area (Å²) in [5.41, 5.74) is 17.2. The molecule has 10 N–H and O–H groups in total. The lowest BCUT2D eigenvalue weighted by molar-refractivity contribution is -0.129. The summed E-state index contributed by atoms with van der Waals surface area (Å²) in [6.07, 6.45) is 7.43. The zero-order valence-corrected chi connectivity index (χ0v) is 63.4. The molecule has 0 aliphatic heterocycles. The van der Waals surface area contributed by atoms with Crippen molar-refractivity contribution < 1.29 is 40.0 Å². The van der Waals surface area contributed by atoms with Crippen LogP contribution in [0, 0.1) is 25.7 Å². The average Bonchev–Trinajstić information content (AvgIpc) is 1.33. The predicted molar refractivity (Wildman–Crippen MR) is 442 cm³/mol. The Morgan fingerprint density at radius 1 is 0.388 bits per heavy atom. The number of carbonyl (C=O) groups excluding carboxylic acids is 4. The fraction of sp³-hybridized carbons (Fsp3) is 0.178. The summed E-state index contributed by atoms with van der Waals surface area (Å²) in [4.78, 5) is 118. The molecule has 4 aromatic heterocycles. The van der Waals surface area contributed by atoms with Gasteiger partial charge in [-0.15, -0.1) is 0 Å². The molecule has 14 aromatic rings. The van der Waals surface area contributed by atoms with E-state index < -0.39 is 17.7 Å². The minimum Gasteiger partial charge on any atom is -0.380 e. The lowest BCUT2D eigenvalue weighted by atomic mass is 10.0. The molecule has 2 fully saturated rings. The van der Waals surface area contributed by atoms with E-state index in [0.717, 1.165) is 96.0 Å². The molecular weight excluding hydrogens is 1470 g/mol. The molecule has 2 saturated carbocycles. The third kappa shape index (κ3) is 18.7. The van der Waals surface area contributed by atoms with Crippen LogP contribution in [0.4, 0.5) is 11.4 Å². The molecule has 0 bridgehead atoms. The second kappa shape index (κ2) is 37.3. The number of nitrogens with one attached hydrogen (secondary N) is 6. The van der Waals surface area contributed by atoms with Crippen LogP contribution in [0.5, 0.6) is 0 Å². The van der Waals surface area contributed by atoms with Gasteiger partial charge in [-0.1, -0.05) is 146 Å². The van der Waals surface area contributed by atoms with Gasteiger partial charge in [-0.05, 0) is 191 Å². The molecule has 4 amide bonds. The number of benzene rings is 10. The third-order valence-electron chi connectivity index (χ3n) is 19.7. The summed E-state index contributed by atoms with van der Waals surface area (Å²) in [7, 11) is 0. The number of fused-ring (bicyclic) bond motifs is 4. The molecule has 2 aliphatic rings. The Balaban J connectivity index is 0.000000135. The van der Waals surface area contributed by atoms with Crippen LogP contribution in [0.15, 0.2) is 262 Å². The number of hydrogen-bond donors (Lipinski definition) is 10. The Morgan fingerprint density at radius 3 is 1.20 bits per heavy atom. The second-order valence-electron chi connectivity index (χ2n) is 27.7. The Bertz CT molecular complexity index is 6270. The lowest BCUT2D eigenvalue weighted by Crippen LogP contribution is -2.24. The first-order valence-electron chi connectivity index (χ1n) is 37.8. The number of unbranched alkanes of at least 4 members (excludes halogenated alkanes) is 2. The van der Waals surface area contributed by atoms with Gasteiger partial charge in [0.1, 0.15) is 23.3 Å². The fourth-order valence-electron chi connectivity index (χ4n) is 13.7. The summed E-state index contributed by atoms with van der Waals surface area (Å²) in [6, 6.07) is 74.1. The fourth-order valence-corrected chi connectivity index (χ4v) is 13.7. The van der Waals surface area contributed by atoms with Crippen molar-refractivity contribution in [1.29, 1.82) is 0 Å². The van der Waals surface area contributed by atoms with Gasteiger partial charge in [-0.25, -0.2) is 41.9 Å². The highest BCUT2D eigenvalue weighted by Crippen LogP contribution is 2.41. The summed E-state index contributed by atoms with van der Waals surface area (Å²) in [5, 5.41) is 43.4. The van der Waals surface area contributed by atoms with Crippen LogP contribution in [-0.4, -0.2) is 82.7 Å². The first-order chi connectivity index (χ1) is 56.5. The van der Waals surface area contributed by atoms with Crippen molar-refractivity contribution in [1.82, 2.24) is 60.1 Å². The van der Waals surface area contributed by atoms with E-state index in [1.54, 1.807) is 95.4 Å². The van der Waals surface area contributed by atoms with Gasteiger partial charge in [0.2, 0.25) is 5.91 Å². The summed E-state index contributed by atoms with van der Waals surface area (Å²) < 4.78 is 6.67. The van der Waals surface area contributed by atoms with Crippen molar-refractivity contribution in [2.24, 2.45) is 0 Å². The smallest absolute Gasteiger partial charge is 0.274 e. The average molecular weight is 1550 g/mol. The highest BCUT2D eigenvalue weighted by Gasteiger charge is 2.32. The maximum Gasteiger partial charge on any atom is 0.274 e. The van der Waals surface area contributed by atoms with E-state index in [1.807, 2.05) is 196 Å². The number of aromatic nitrogens is 8. The Labute approximate surface area is 664 Å². The molecule has 584 valence electrons. The van der Waals surface area contributed by atoms with Crippen LogP contribution in [0.25, 0.3) is 66.4 Å². The maximum atomic E-state index is 13.7. The molecular formula is C90H82N14O12. The van der Waals surface area contributed by atoms with Gasteiger partial charge in [-0.2, -0.15) is 0 Å². The van der Waals surface area contributed by atoms with E-state index in [9.17, 15) is 38.4 Å². The molecule has 4 heterocycles. The van der Waals surface area contributed by atoms with Gasteiger partial charge in [-0.3, -0.25) is 77.5 Å². The third-order valence-corrected chi connectivity index (χ3v) is 19.7. The van der Waals surface area contributed by atoms with Crippen molar-refractivity contribution in [2.75, 3.05) is 10.6 Å². The molecule has 0 atom stereocenters. The van der Waals surface area contributed by atoms with Crippen LogP contribution in [-0.2, 0) is 29.1 Å². The van der Waals surface area contributed by atoms with E-state index in [2.05, 4.69) is 32.4 Å². The first kappa shape index (κ1) is 79.7. The number of para-hydroxylation sites is 4. The molecule has 16 rings (SSSR count). The zero-order chi connectivity index (χ0) is 81.2. The van der Waals surface area contributed by atoms with Crippen molar-refractivity contribution in [3.63, 3.8) is 0 Å². The standard InChI is InChI=1S/C25H22N4O3.C23H20N4O3.C21H17N3O3.C21H23N3O3/c30-24(28-32)18-11-9-16(10-12-18)15-26-20-7-4-8-21-22(20)25(31)29(19-5-2-1-3-6-19)23(27-21)17-13-14-17;1-15-25-20-9-5-8-19(21(20)23(29)27(15)18-6-3-2-4-7-18)24-14-16-10-12-17(13-11-16)22(28)26-30;25-18(23-27)11-5-7-14-6-4-10-17-19(14)21(26)24(16-8-2-1-3-9-16)20(22-17)15-12-13-15;1-15-22-18-13-8-10-16(9-4-2-7-14-19(25)23-27)20(18)21(26)24(15)17-11-5-3-6-12-17/h1-12,17,26,32H,13-15H2,(H,28,30);2-13,24,30H,14H2,1H3,(H,26,28);1-4,6,8-10,15,27H,11-13H2,(H,23,25);3,5-6,8,10-13,27H,2,4,7,9,14H2,1H3,(H,23,25). The second-order valence-corrected chi connectivity index (χ2v) is 27.7. The summed E-state index contributed by atoms with van der Waals surface area (Å²) in [6.45, 7) is 4.58.